The number of benzene rings is 1. The number of esters is 1. The summed E-state index contributed by atoms with van der Waals surface area (Å²) in [7, 11) is 1.35. The second-order valence-corrected chi connectivity index (χ2v) is 7.10. The number of urea groups is 1. The van der Waals surface area contributed by atoms with Crippen LogP contribution in [0.15, 0.2) is 35.5 Å². The number of nitrogens with one attached hydrogen (secondary N) is 2. The Morgan fingerprint density at radius 1 is 1.15 bits per heavy atom. The van der Waals surface area contributed by atoms with Gasteiger partial charge in [-0.15, -0.1) is 0 Å². The smallest absolute Gasteiger partial charge is 0.337 e. The van der Waals surface area contributed by atoms with E-state index in [4.69, 9.17) is 9.47 Å². The third-order valence-electron chi connectivity index (χ3n) is 4.90. The van der Waals surface area contributed by atoms with Crippen LogP contribution >= 0.6 is 0 Å². The van der Waals surface area contributed by atoms with E-state index in [0.717, 1.165) is 24.2 Å². The second kappa shape index (κ2) is 7.81. The van der Waals surface area contributed by atoms with Gasteiger partial charge in [0.1, 0.15) is 5.75 Å². The van der Waals surface area contributed by atoms with Crippen molar-refractivity contribution in [2.24, 2.45) is 5.92 Å². The van der Waals surface area contributed by atoms with Gasteiger partial charge in [0.05, 0.1) is 24.8 Å². The molecule has 0 radical (unpaired) electrons. The molecule has 0 spiro atoms. The van der Waals surface area contributed by atoms with Gasteiger partial charge in [-0.2, -0.15) is 0 Å². The second-order valence-electron chi connectivity index (χ2n) is 7.10. The lowest BCUT2D eigenvalue weighted by atomic mass is 9.91. The molecule has 0 bridgehead atoms. The predicted octanol–water partition coefficient (Wildman–Crippen LogP) is 3.45. The van der Waals surface area contributed by atoms with Crippen molar-refractivity contribution in [1.29, 1.82) is 0 Å². The highest BCUT2D eigenvalue weighted by Gasteiger charge is 2.34. The van der Waals surface area contributed by atoms with Gasteiger partial charge in [0.25, 0.3) is 0 Å². The lowest BCUT2D eigenvalue weighted by Gasteiger charge is -2.30. The van der Waals surface area contributed by atoms with Crippen LogP contribution in [0.25, 0.3) is 0 Å². The Morgan fingerprint density at radius 2 is 1.81 bits per heavy atom. The maximum atomic E-state index is 12.4. The Hall–Kier alpha value is -2.50. The number of allylic oxidation sites excluding steroid dienone is 1. The Kier molecular flexibility index (Phi) is 5.49. The summed E-state index contributed by atoms with van der Waals surface area (Å²) in [6.45, 7) is 3.86. The molecule has 26 heavy (non-hydrogen) atoms. The molecule has 6 heteroatoms. The Balaban J connectivity index is 1.88. The zero-order valence-electron chi connectivity index (χ0n) is 15.5. The van der Waals surface area contributed by atoms with E-state index in [1.165, 1.54) is 20.0 Å². The number of amides is 2. The van der Waals surface area contributed by atoms with Crippen LogP contribution in [0, 0.1) is 5.92 Å². The van der Waals surface area contributed by atoms with Gasteiger partial charge < -0.3 is 20.1 Å². The minimum atomic E-state index is -0.547. The minimum Gasteiger partial charge on any atom is -0.490 e. The first kappa shape index (κ1) is 18.3. The van der Waals surface area contributed by atoms with Crippen LogP contribution in [0.1, 0.15) is 51.1 Å². The van der Waals surface area contributed by atoms with Gasteiger partial charge in [0, 0.05) is 5.70 Å². The van der Waals surface area contributed by atoms with Crippen LogP contribution in [0.4, 0.5) is 4.79 Å². The van der Waals surface area contributed by atoms with Crippen LogP contribution in [0.3, 0.4) is 0 Å². The van der Waals surface area contributed by atoms with Crippen molar-refractivity contribution < 1.29 is 19.1 Å². The van der Waals surface area contributed by atoms with Crippen LogP contribution in [-0.2, 0) is 9.53 Å². The van der Waals surface area contributed by atoms with E-state index in [9.17, 15) is 9.59 Å². The lowest BCUT2D eigenvalue weighted by molar-refractivity contribution is -0.136. The average Bonchev–Trinajstić information content (AvgIpc) is 3.14. The highest BCUT2D eigenvalue weighted by molar-refractivity contribution is 5.95. The maximum Gasteiger partial charge on any atom is 0.337 e. The molecule has 2 N–H and O–H groups in total. The number of methoxy groups -OCH3 is 1. The highest BCUT2D eigenvalue weighted by atomic mass is 16.5. The molecule has 2 aliphatic rings. The molecule has 1 saturated carbocycles. The Morgan fingerprint density at radius 3 is 2.38 bits per heavy atom. The average molecular weight is 358 g/mol. The molecule has 1 aromatic carbocycles. The molecule has 1 fully saturated rings. The molecule has 1 aliphatic carbocycles. The van der Waals surface area contributed by atoms with E-state index in [0.29, 0.717) is 11.3 Å². The molecule has 0 aromatic heterocycles. The number of carbonyl (C=O) groups excluding carboxylic acids is 2. The van der Waals surface area contributed by atoms with E-state index in [-0.39, 0.29) is 18.1 Å². The van der Waals surface area contributed by atoms with E-state index >= 15 is 0 Å². The van der Waals surface area contributed by atoms with Gasteiger partial charge >= 0.3 is 12.0 Å². The molecule has 1 atom stereocenters. The molecule has 1 aliphatic heterocycles. The van der Waals surface area contributed by atoms with Crippen molar-refractivity contribution in [3.8, 4) is 5.75 Å². The van der Waals surface area contributed by atoms with E-state index < -0.39 is 12.0 Å². The first-order valence-electron chi connectivity index (χ1n) is 9.16. The summed E-state index contributed by atoms with van der Waals surface area (Å²) in [5.74, 6) is 0.355. The van der Waals surface area contributed by atoms with Gasteiger partial charge in [-0.1, -0.05) is 26.0 Å². The quantitative estimate of drug-likeness (QED) is 0.791. The van der Waals surface area contributed by atoms with E-state index in [1.807, 2.05) is 38.1 Å². The summed E-state index contributed by atoms with van der Waals surface area (Å²) in [5.41, 5.74) is 1.85. The molecule has 6 nitrogen and oxygen atoms in total. The molecule has 1 heterocycles. The number of ether oxygens (including phenoxy) is 2. The maximum absolute atomic E-state index is 12.4. The van der Waals surface area contributed by atoms with E-state index in [1.54, 1.807) is 0 Å². The molecule has 1 unspecified atom stereocenters. The van der Waals surface area contributed by atoms with Crippen LogP contribution in [-0.4, -0.2) is 25.2 Å². The van der Waals surface area contributed by atoms with E-state index in [2.05, 4.69) is 10.6 Å². The van der Waals surface area contributed by atoms with Gasteiger partial charge in [-0.05, 0) is 49.3 Å². The molecule has 1 aromatic rings. The molecule has 3 rings (SSSR count). The lowest BCUT2D eigenvalue weighted by Crippen LogP contribution is -2.47. The van der Waals surface area contributed by atoms with Crippen molar-refractivity contribution in [2.45, 2.75) is 51.7 Å². The zero-order chi connectivity index (χ0) is 18.7. The number of hydrogen-bond donors (Lipinski definition) is 2. The largest absolute Gasteiger partial charge is 0.490 e. The number of hydrogen-bond acceptors (Lipinski definition) is 4. The van der Waals surface area contributed by atoms with Crippen molar-refractivity contribution in [1.82, 2.24) is 10.6 Å². The molecule has 140 valence electrons. The summed E-state index contributed by atoms with van der Waals surface area (Å²) in [6, 6.07) is 6.70. The van der Waals surface area contributed by atoms with Crippen molar-refractivity contribution in [2.75, 3.05) is 7.11 Å². The standard InChI is InChI=1S/C20H26N2O4/c1-12(2)17-16(19(23)25-3)18(22-20(24)21-17)13-8-10-15(11-9-13)26-14-6-4-5-7-14/h8-12,14,18H,4-7H2,1-3H3,(H2,21,22,24). The summed E-state index contributed by atoms with van der Waals surface area (Å²) in [4.78, 5) is 24.5. The molecular formula is C20H26N2O4. The van der Waals surface area contributed by atoms with Crippen LogP contribution in [0.2, 0.25) is 0 Å². The highest BCUT2D eigenvalue weighted by Crippen LogP contribution is 2.32. The number of rotatable bonds is 5. The fourth-order valence-electron chi connectivity index (χ4n) is 3.57. The van der Waals surface area contributed by atoms with Gasteiger partial charge in [-0.3, -0.25) is 0 Å². The third kappa shape index (κ3) is 3.84. The molecule has 0 saturated heterocycles. The SMILES string of the molecule is COC(=O)C1=C(C(C)C)NC(=O)NC1c1ccc(OC2CCCC2)cc1. The number of carbonyl (C=O) groups is 2. The first-order chi connectivity index (χ1) is 12.5. The summed E-state index contributed by atoms with van der Waals surface area (Å²) < 4.78 is 10.9. The van der Waals surface area contributed by atoms with Crippen molar-refractivity contribution >= 4 is 12.0 Å². The van der Waals surface area contributed by atoms with Gasteiger partial charge in [0.15, 0.2) is 0 Å². The molecule has 2 amide bonds. The minimum absolute atomic E-state index is 0.0115. The van der Waals surface area contributed by atoms with Crippen LogP contribution in [0.5, 0.6) is 5.75 Å². The first-order valence-corrected chi connectivity index (χ1v) is 9.16. The molecular weight excluding hydrogens is 332 g/mol. The van der Waals surface area contributed by atoms with Gasteiger partial charge in [-0.25, -0.2) is 9.59 Å². The third-order valence-corrected chi connectivity index (χ3v) is 4.90. The Bertz CT molecular complexity index is 703. The summed E-state index contributed by atoms with van der Waals surface area (Å²) in [6.07, 6.45) is 4.92. The topological polar surface area (TPSA) is 76.7 Å². The van der Waals surface area contributed by atoms with Crippen molar-refractivity contribution in [3.63, 3.8) is 0 Å². The predicted molar refractivity (Wildman–Crippen MR) is 97.6 cm³/mol. The summed E-state index contributed by atoms with van der Waals surface area (Å²) in [5, 5.41) is 5.57. The zero-order valence-corrected chi connectivity index (χ0v) is 15.5. The fourth-order valence-corrected chi connectivity index (χ4v) is 3.57. The Labute approximate surface area is 153 Å². The monoisotopic (exact) mass is 358 g/mol. The van der Waals surface area contributed by atoms with Crippen LogP contribution < -0.4 is 15.4 Å². The van der Waals surface area contributed by atoms with Gasteiger partial charge in [0.2, 0.25) is 0 Å². The fraction of sp³-hybridized carbons (Fsp3) is 0.500. The summed E-state index contributed by atoms with van der Waals surface area (Å²) >= 11 is 0. The van der Waals surface area contributed by atoms with Crippen molar-refractivity contribution in [3.05, 3.63) is 41.1 Å². The normalized spacial score (nSPS) is 20.8.